The number of nitrogen functional groups attached to an aromatic ring is 1. The molecule has 0 atom stereocenters. The zero-order valence-corrected chi connectivity index (χ0v) is 13.3. The third-order valence-corrected chi connectivity index (χ3v) is 3.80. The van der Waals surface area contributed by atoms with Crippen molar-refractivity contribution >= 4 is 17.4 Å². The first kappa shape index (κ1) is 15.3. The fraction of sp³-hybridized carbons (Fsp3) is 0.250. The second-order valence-electron chi connectivity index (χ2n) is 5.15. The molecule has 0 saturated heterocycles. The van der Waals surface area contributed by atoms with E-state index in [9.17, 15) is 0 Å². The number of aromatic nitrogens is 1. The predicted octanol–water partition coefficient (Wildman–Crippen LogP) is 4.05. The number of nitrogens with two attached hydrogens (primary N) is 1. The number of pyridine rings is 1. The summed E-state index contributed by atoms with van der Waals surface area (Å²) in [4.78, 5) is 4.36. The lowest BCUT2D eigenvalue weighted by Crippen LogP contribution is -2.15. The van der Waals surface area contributed by atoms with Gasteiger partial charge in [-0.15, -0.1) is 0 Å². The zero-order chi connectivity index (χ0) is 15.7. The lowest BCUT2D eigenvalue weighted by Gasteiger charge is -2.14. The Balaban J connectivity index is 2.51. The summed E-state index contributed by atoms with van der Waals surface area (Å²) >= 11 is 6.16. The smallest absolute Gasteiger partial charge is 0.230 e. The molecule has 0 unspecified atom stereocenters. The Labute approximate surface area is 129 Å². The number of aryl methyl sites for hydroxylation is 4. The van der Waals surface area contributed by atoms with Gasteiger partial charge in [-0.3, -0.25) is 5.41 Å². The van der Waals surface area contributed by atoms with E-state index in [4.69, 9.17) is 27.5 Å². The molecule has 5 heteroatoms. The monoisotopic (exact) mass is 303 g/mol. The molecule has 0 fully saturated rings. The summed E-state index contributed by atoms with van der Waals surface area (Å²) in [6.07, 6.45) is 0. The average Bonchev–Trinajstić information content (AvgIpc) is 2.34. The molecule has 0 aliphatic carbocycles. The third kappa shape index (κ3) is 3.16. The van der Waals surface area contributed by atoms with Gasteiger partial charge in [0.25, 0.3) is 0 Å². The van der Waals surface area contributed by atoms with E-state index in [0.717, 1.165) is 27.4 Å². The van der Waals surface area contributed by atoms with Crippen LogP contribution in [-0.4, -0.2) is 10.8 Å². The van der Waals surface area contributed by atoms with Crippen molar-refractivity contribution in [3.05, 3.63) is 51.2 Å². The maximum absolute atomic E-state index is 7.71. The minimum absolute atomic E-state index is 0.0580. The van der Waals surface area contributed by atoms with Crippen LogP contribution in [0.15, 0.2) is 18.2 Å². The molecule has 3 N–H and O–H groups in total. The van der Waals surface area contributed by atoms with Crippen LogP contribution in [-0.2, 0) is 0 Å². The first-order chi connectivity index (χ1) is 9.79. The summed E-state index contributed by atoms with van der Waals surface area (Å²) in [6, 6.07) is 5.57. The topological polar surface area (TPSA) is 72.0 Å². The number of benzene rings is 1. The Bertz CT molecular complexity index is 703. The average molecular weight is 304 g/mol. The van der Waals surface area contributed by atoms with Crippen molar-refractivity contribution < 1.29 is 4.74 Å². The second kappa shape index (κ2) is 5.74. The molecule has 0 amide bonds. The molecule has 0 saturated carbocycles. The van der Waals surface area contributed by atoms with Crippen LogP contribution in [0.3, 0.4) is 0 Å². The molecular formula is C16H18ClN3O. The van der Waals surface area contributed by atoms with Crippen LogP contribution < -0.4 is 10.5 Å². The Morgan fingerprint density at radius 1 is 1.10 bits per heavy atom. The number of hydrogen-bond acceptors (Lipinski definition) is 3. The standard InChI is InChI=1S/C16H18ClN3O/c1-8-5-11(4)20-16(13(8)15(18)19)21-12-6-9(2)14(17)10(3)7-12/h5-7H,1-4H3,(H3,18,19). The maximum atomic E-state index is 7.71. The van der Waals surface area contributed by atoms with Gasteiger partial charge in [-0.25, -0.2) is 4.98 Å². The summed E-state index contributed by atoms with van der Waals surface area (Å²) in [6.45, 7) is 7.60. The fourth-order valence-corrected chi connectivity index (χ4v) is 2.39. The van der Waals surface area contributed by atoms with E-state index >= 15 is 0 Å². The van der Waals surface area contributed by atoms with Crippen molar-refractivity contribution in [2.45, 2.75) is 27.7 Å². The second-order valence-corrected chi connectivity index (χ2v) is 5.53. The molecule has 1 heterocycles. The lowest BCUT2D eigenvalue weighted by atomic mass is 10.1. The van der Waals surface area contributed by atoms with Crippen molar-refractivity contribution in [1.29, 1.82) is 5.41 Å². The van der Waals surface area contributed by atoms with Crippen LogP contribution in [0.1, 0.15) is 27.9 Å². The van der Waals surface area contributed by atoms with Crippen LogP contribution in [0, 0.1) is 33.1 Å². The van der Waals surface area contributed by atoms with Gasteiger partial charge in [0.05, 0.1) is 5.56 Å². The molecule has 1 aromatic heterocycles. The van der Waals surface area contributed by atoms with E-state index in [0.29, 0.717) is 17.2 Å². The molecule has 4 nitrogen and oxygen atoms in total. The molecule has 0 spiro atoms. The van der Waals surface area contributed by atoms with Gasteiger partial charge in [-0.05, 0) is 62.6 Å². The van der Waals surface area contributed by atoms with Gasteiger partial charge < -0.3 is 10.5 Å². The van der Waals surface area contributed by atoms with Gasteiger partial charge in [-0.1, -0.05) is 11.6 Å². The molecular weight excluding hydrogens is 286 g/mol. The van der Waals surface area contributed by atoms with Crippen LogP contribution in [0.25, 0.3) is 0 Å². The van der Waals surface area contributed by atoms with Crippen molar-refractivity contribution in [1.82, 2.24) is 4.98 Å². The largest absolute Gasteiger partial charge is 0.438 e. The molecule has 0 aliphatic rings. The number of nitrogens with zero attached hydrogens (tertiary/aromatic N) is 1. The molecule has 21 heavy (non-hydrogen) atoms. The normalized spacial score (nSPS) is 10.5. The molecule has 2 rings (SSSR count). The van der Waals surface area contributed by atoms with E-state index in [1.807, 2.05) is 45.9 Å². The molecule has 0 radical (unpaired) electrons. The number of hydrogen-bond donors (Lipinski definition) is 2. The summed E-state index contributed by atoms with van der Waals surface area (Å²) in [5, 5.41) is 8.43. The molecule has 2 aromatic rings. The van der Waals surface area contributed by atoms with E-state index in [1.165, 1.54) is 0 Å². The number of rotatable bonds is 3. The van der Waals surface area contributed by atoms with Gasteiger partial charge >= 0.3 is 0 Å². The van der Waals surface area contributed by atoms with Crippen molar-refractivity contribution in [3.63, 3.8) is 0 Å². The first-order valence-electron chi connectivity index (χ1n) is 6.57. The summed E-state index contributed by atoms with van der Waals surface area (Å²) < 4.78 is 5.86. The number of nitrogens with one attached hydrogen (secondary N) is 1. The van der Waals surface area contributed by atoms with Crippen LogP contribution in [0.4, 0.5) is 0 Å². The summed E-state index contributed by atoms with van der Waals surface area (Å²) in [5.41, 5.74) is 9.71. The lowest BCUT2D eigenvalue weighted by molar-refractivity contribution is 0.459. The van der Waals surface area contributed by atoms with E-state index in [-0.39, 0.29) is 5.84 Å². The summed E-state index contributed by atoms with van der Waals surface area (Å²) in [5.74, 6) is 0.924. The molecule has 1 aromatic carbocycles. The SMILES string of the molecule is Cc1cc(C)c(C(=N)N)c(Oc2cc(C)c(Cl)c(C)c2)n1. The summed E-state index contributed by atoms with van der Waals surface area (Å²) in [7, 11) is 0. The highest BCUT2D eigenvalue weighted by Gasteiger charge is 2.14. The highest BCUT2D eigenvalue weighted by Crippen LogP contribution is 2.30. The zero-order valence-electron chi connectivity index (χ0n) is 12.5. The molecule has 110 valence electrons. The van der Waals surface area contributed by atoms with Crippen LogP contribution in [0.2, 0.25) is 5.02 Å². The Hall–Kier alpha value is -2.07. The van der Waals surface area contributed by atoms with Crippen LogP contribution in [0.5, 0.6) is 11.6 Å². The van der Waals surface area contributed by atoms with E-state index in [1.54, 1.807) is 0 Å². The third-order valence-electron chi connectivity index (χ3n) is 3.21. The van der Waals surface area contributed by atoms with Crippen molar-refractivity contribution in [2.75, 3.05) is 0 Å². The first-order valence-corrected chi connectivity index (χ1v) is 6.94. The van der Waals surface area contributed by atoms with Gasteiger partial charge in [0, 0.05) is 10.7 Å². The van der Waals surface area contributed by atoms with Gasteiger partial charge in [-0.2, -0.15) is 0 Å². The number of ether oxygens (including phenoxy) is 1. The minimum atomic E-state index is -0.0580. The van der Waals surface area contributed by atoms with Crippen molar-refractivity contribution in [3.8, 4) is 11.6 Å². The highest BCUT2D eigenvalue weighted by molar-refractivity contribution is 6.32. The quantitative estimate of drug-likeness (QED) is 0.664. The Morgan fingerprint density at radius 3 is 2.19 bits per heavy atom. The van der Waals surface area contributed by atoms with E-state index in [2.05, 4.69) is 4.98 Å². The fourth-order valence-electron chi connectivity index (χ4n) is 2.28. The van der Waals surface area contributed by atoms with Gasteiger partial charge in [0.15, 0.2) is 0 Å². The van der Waals surface area contributed by atoms with Crippen LogP contribution >= 0.6 is 11.6 Å². The number of amidine groups is 1. The highest BCUT2D eigenvalue weighted by atomic mass is 35.5. The van der Waals surface area contributed by atoms with Gasteiger partial charge in [0.1, 0.15) is 11.6 Å². The van der Waals surface area contributed by atoms with Crippen molar-refractivity contribution in [2.24, 2.45) is 5.73 Å². The minimum Gasteiger partial charge on any atom is -0.438 e. The number of halogens is 1. The molecule has 0 bridgehead atoms. The van der Waals surface area contributed by atoms with Gasteiger partial charge in [0.2, 0.25) is 5.88 Å². The Kier molecular flexibility index (Phi) is 4.19. The molecule has 0 aliphatic heterocycles. The van der Waals surface area contributed by atoms with E-state index < -0.39 is 0 Å². The Morgan fingerprint density at radius 2 is 1.67 bits per heavy atom. The predicted molar refractivity (Wildman–Crippen MR) is 85.7 cm³/mol. The maximum Gasteiger partial charge on any atom is 0.230 e.